The molecule has 0 amide bonds. The summed E-state index contributed by atoms with van der Waals surface area (Å²) in [5, 5.41) is 0. The van der Waals surface area contributed by atoms with Crippen LogP contribution in [0.25, 0.3) is 0 Å². The van der Waals surface area contributed by atoms with Crippen LogP contribution in [0.1, 0.15) is 66.2 Å². The number of hydrogen-bond acceptors (Lipinski definition) is 2. The third kappa shape index (κ3) is 4.42. The summed E-state index contributed by atoms with van der Waals surface area (Å²) >= 11 is 0. The van der Waals surface area contributed by atoms with E-state index in [9.17, 15) is 4.79 Å². The van der Waals surface area contributed by atoms with Crippen molar-refractivity contribution in [3.63, 3.8) is 0 Å². The van der Waals surface area contributed by atoms with Crippen LogP contribution in [0.15, 0.2) is 0 Å². The Morgan fingerprint density at radius 3 is 2.12 bits per heavy atom. The summed E-state index contributed by atoms with van der Waals surface area (Å²) in [5.41, 5.74) is -0.0839. The molecule has 1 saturated carbocycles. The molecule has 1 atom stereocenters. The molecule has 0 heterocycles. The first-order valence-electron chi connectivity index (χ1n) is 7.12. The van der Waals surface area contributed by atoms with E-state index in [2.05, 4.69) is 20.8 Å². The van der Waals surface area contributed by atoms with Crippen LogP contribution in [-0.4, -0.2) is 18.5 Å². The van der Waals surface area contributed by atoms with Gasteiger partial charge >= 0.3 is 0 Å². The molecule has 0 aromatic rings. The van der Waals surface area contributed by atoms with Gasteiger partial charge in [0.05, 0.1) is 0 Å². The van der Waals surface area contributed by atoms with Crippen molar-refractivity contribution < 1.29 is 9.53 Å². The number of ether oxygens (including phenoxy) is 1. The normalized spacial score (nSPS) is 20.9. The molecule has 1 aliphatic rings. The molecular formula is C15H28O2. The van der Waals surface area contributed by atoms with Gasteiger partial charge in [0.2, 0.25) is 0 Å². The molecule has 100 valence electrons. The van der Waals surface area contributed by atoms with Gasteiger partial charge in [-0.25, -0.2) is 0 Å². The summed E-state index contributed by atoms with van der Waals surface area (Å²) < 4.78 is 5.71. The lowest BCUT2D eigenvalue weighted by atomic mass is 9.80. The molecular weight excluding hydrogens is 212 g/mol. The fourth-order valence-corrected chi connectivity index (χ4v) is 2.70. The fraction of sp³-hybridized carbons (Fsp3) is 0.933. The molecule has 0 bridgehead atoms. The van der Waals surface area contributed by atoms with Gasteiger partial charge in [-0.05, 0) is 25.2 Å². The van der Waals surface area contributed by atoms with E-state index in [0.717, 1.165) is 12.8 Å². The molecule has 1 rings (SSSR count). The molecule has 0 aromatic heterocycles. The molecule has 0 aliphatic heterocycles. The Bertz CT molecular complexity index is 232. The summed E-state index contributed by atoms with van der Waals surface area (Å²) in [4.78, 5) is 12.6. The summed E-state index contributed by atoms with van der Waals surface area (Å²) in [6, 6.07) is 0. The largest absolute Gasteiger partial charge is 0.370 e. The van der Waals surface area contributed by atoms with Crippen molar-refractivity contribution in [1.29, 1.82) is 0 Å². The Morgan fingerprint density at radius 1 is 1.18 bits per heavy atom. The minimum atomic E-state index is -0.226. The first-order chi connectivity index (χ1) is 7.96. The van der Waals surface area contributed by atoms with Crippen LogP contribution in [0, 0.1) is 11.3 Å². The minimum absolute atomic E-state index is 0.0839. The van der Waals surface area contributed by atoms with Crippen molar-refractivity contribution in [3.8, 4) is 0 Å². The van der Waals surface area contributed by atoms with Crippen molar-refractivity contribution in [2.75, 3.05) is 6.61 Å². The molecule has 1 fully saturated rings. The molecule has 2 nitrogen and oxygen atoms in total. The van der Waals surface area contributed by atoms with Crippen molar-refractivity contribution >= 4 is 5.78 Å². The van der Waals surface area contributed by atoms with E-state index >= 15 is 0 Å². The quantitative estimate of drug-likeness (QED) is 0.695. The molecule has 0 N–H and O–H groups in total. The predicted molar refractivity (Wildman–Crippen MR) is 71.1 cm³/mol. The second-order valence-electron chi connectivity index (χ2n) is 6.29. The van der Waals surface area contributed by atoms with E-state index in [0.29, 0.717) is 12.4 Å². The molecule has 17 heavy (non-hydrogen) atoms. The van der Waals surface area contributed by atoms with E-state index in [1.54, 1.807) is 0 Å². The maximum atomic E-state index is 12.6. The topological polar surface area (TPSA) is 26.3 Å². The van der Waals surface area contributed by atoms with E-state index in [1.807, 2.05) is 6.92 Å². The van der Waals surface area contributed by atoms with Crippen molar-refractivity contribution in [2.45, 2.75) is 72.3 Å². The Balaban J connectivity index is 2.68. The number of Topliss-reactive ketones (excluding diaryl/α,β-unsaturated/α-hetero) is 1. The van der Waals surface area contributed by atoms with Gasteiger partial charge in [-0.3, -0.25) is 4.79 Å². The van der Waals surface area contributed by atoms with Gasteiger partial charge in [0.25, 0.3) is 0 Å². The number of carbonyl (C=O) groups is 1. The Hall–Kier alpha value is -0.370. The highest BCUT2D eigenvalue weighted by Gasteiger charge is 2.35. The predicted octanol–water partition coefficient (Wildman–Crippen LogP) is 3.98. The molecule has 1 aliphatic carbocycles. The third-order valence-electron chi connectivity index (χ3n) is 3.64. The molecule has 0 aromatic carbocycles. The van der Waals surface area contributed by atoms with Gasteiger partial charge in [-0.1, -0.05) is 46.5 Å². The zero-order valence-corrected chi connectivity index (χ0v) is 11.9. The standard InChI is InChI=1S/C15H28O2/c1-5-17-14(15(2,3)4)13(16)12-10-8-6-7-9-11-12/h12,14H,5-11H2,1-4H3. The Kier molecular flexibility index (Phi) is 5.64. The highest BCUT2D eigenvalue weighted by Crippen LogP contribution is 2.31. The lowest BCUT2D eigenvalue weighted by Gasteiger charge is -2.31. The van der Waals surface area contributed by atoms with Crippen LogP contribution >= 0.6 is 0 Å². The second-order valence-corrected chi connectivity index (χ2v) is 6.29. The van der Waals surface area contributed by atoms with Crippen LogP contribution in [0.2, 0.25) is 0 Å². The second kappa shape index (κ2) is 6.53. The highest BCUT2D eigenvalue weighted by molar-refractivity contribution is 5.86. The summed E-state index contributed by atoms with van der Waals surface area (Å²) in [5.74, 6) is 0.592. The molecule has 0 spiro atoms. The Labute approximate surface area is 106 Å². The smallest absolute Gasteiger partial charge is 0.165 e. The highest BCUT2D eigenvalue weighted by atomic mass is 16.5. The first-order valence-corrected chi connectivity index (χ1v) is 7.12. The first kappa shape index (κ1) is 14.7. The zero-order valence-electron chi connectivity index (χ0n) is 11.9. The van der Waals surface area contributed by atoms with Crippen molar-refractivity contribution in [2.24, 2.45) is 11.3 Å². The number of hydrogen-bond donors (Lipinski definition) is 0. The van der Waals surface area contributed by atoms with Crippen LogP contribution < -0.4 is 0 Å². The molecule has 2 heteroatoms. The van der Waals surface area contributed by atoms with E-state index in [4.69, 9.17) is 4.74 Å². The van der Waals surface area contributed by atoms with Gasteiger partial charge < -0.3 is 4.74 Å². The lowest BCUT2D eigenvalue weighted by molar-refractivity contribution is -0.142. The SMILES string of the molecule is CCOC(C(=O)C1CCCCCC1)C(C)(C)C. The maximum absolute atomic E-state index is 12.6. The fourth-order valence-electron chi connectivity index (χ4n) is 2.70. The molecule has 1 unspecified atom stereocenters. The maximum Gasteiger partial charge on any atom is 0.165 e. The van der Waals surface area contributed by atoms with Crippen LogP contribution in [0.4, 0.5) is 0 Å². The monoisotopic (exact) mass is 240 g/mol. The van der Waals surface area contributed by atoms with Crippen molar-refractivity contribution in [3.05, 3.63) is 0 Å². The van der Waals surface area contributed by atoms with E-state index in [-0.39, 0.29) is 17.4 Å². The summed E-state index contributed by atoms with van der Waals surface area (Å²) in [6.07, 6.45) is 6.91. The summed E-state index contributed by atoms with van der Waals surface area (Å²) in [6.45, 7) is 8.89. The van der Waals surface area contributed by atoms with Crippen molar-refractivity contribution in [1.82, 2.24) is 0 Å². The van der Waals surface area contributed by atoms with Gasteiger partial charge in [-0.2, -0.15) is 0 Å². The van der Waals surface area contributed by atoms with Crippen LogP contribution in [0.5, 0.6) is 0 Å². The van der Waals surface area contributed by atoms with Gasteiger partial charge in [0, 0.05) is 12.5 Å². The summed E-state index contributed by atoms with van der Waals surface area (Å²) in [7, 11) is 0. The lowest BCUT2D eigenvalue weighted by Crippen LogP contribution is -2.40. The number of carbonyl (C=O) groups excluding carboxylic acids is 1. The Morgan fingerprint density at radius 2 is 1.71 bits per heavy atom. The van der Waals surface area contributed by atoms with Crippen LogP contribution in [-0.2, 0) is 9.53 Å². The number of ketones is 1. The number of rotatable bonds is 4. The molecule has 0 saturated heterocycles. The van der Waals surface area contributed by atoms with E-state index < -0.39 is 0 Å². The van der Waals surface area contributed by atoms with Crippen LogP contribution in [0.3, 0.4) is 0 Å². The van der Waals surface area contributed by atoms with E-state index in [1.165, 1.54) is 25.7 Å². The van der Waals surface area contributed by atoms with Gasteiger partial charge in [0.15, 0.2) is 5.78 Å². The average molecular weight is 240 g/mol. The van der Waals surface area contributed by atoms with Gasteiger partial charge in [0.1, 0.15) is 6.10 Å². The minimum Gasteiger partial charge on any atom is -0.370 e. The third-order valence-corrected chi connectivity index (χ3v) is 3.64. The zero-order chi connectivity index (χ0) is 12.9. The average Bonchev–Trinajstić information content (AvgIpc) is 2.51. The molecule has 0 radical (unpaired) electrons. The van der Waals surface area contributed by atoms with Gasteiger partial charge in [-0.15, -0.1) is 0 Å².